The Bertz CT molecular complexity index is 1320. The number of anilines is 2. The number of benzene rings is 1. The fraction of sp³-hybridized carbons (Fsp3) is 0.136. The second kappa shape index (κ2) is 9.13. The summed E-state index contributed by atoms with van der Waals surface area (Å²) in [6.45, 7) is 1.78. The second-order valence-electron chi connectivity index (χ2n) is 6.81. The third-order valence-electron chi connectivity index (χ3n) is 4.74. The van der Waals surface area contributed by atoms with Crippen molar-refractivity contribution in [2.45, 2.75) is 11.8 Å². The van der Waals surface area contributed by atoms with Crippen molar-refractivity contribution in [3.63, 3.8) is 0 Å². The van der Waals surface area contributed by atoms with Crippen LogP contribution >= 0.6 is 23.5 Å². The summed E-state index contributed by atoms with van der Waals surface area (Å²) < 4.78 is 37.4. The molecule has 0 aliphatic rings. The fourth-order valence-electron chi connectivity index (χ4n) is 3.15. The minimum atomic E-state index is -0.737. The highest BCUT2D eigenvalue weighted by molar-refractivity contribution is 8.00. The minimum absolute atomic E-state index is 0.0941. The lowest BCUT2D eigenvalue weighted by Crippen LogP contribution is -1.99. The molecule has 0 radical (unpaired) electrons. The van der Waals surface area contributed by atoms with E-state index in [1.165, 1.54) is 19.4 Å². The Labute approximate surface area is 192 Å². The van der Waals surface area contributed by atoms with Gasteiger partial charge in [0.15, 0.2) is 0 Å². The highest BCUT2D eigenvalue weighted by Crippen LogP contribution is 2.35. The summed E-state index contributed by atoms with van der Waals surface area (Å²) >= 11 is 7.05. The summed E-state index contributed by atoms with van der Waals surface area (Å²) in [4.78, 5) is 13.5. The third kappa shape index (κ3) is 4.39. The van der Waals surface area contributed by atoms with Gasteiger partial charge in [-0.25, -0.2) is 18.7 Å². The van der Waals surface area contributed by atoms with Crippen molar-refractivity contribution in [2.75, 3.05) is 24.2 Å². The van der Waals surface area contributed by atoms with E-state index >= 15 is 0 Å². The van der Waals surface area contributed by atoms with Crippen LogP contribution in [0.25, 0.3) is 22.0 Å². The van der Waals surface area contributed by atoms with Crippen molar-refractivity contribution in [3.8, 4) is 17.0 Å². The molecule has 32 heavy (non-hydrogen) atoms. The molecule has 0 atom stereocenters. The van der Waals surface area contributed by atoms with Gasteiger partial charge in [0.1, 0.15) is 17.5 Å². The Morgan fingerprint density at radius 1 is 1.00 bits per heavy atom. The summed E-state index contributed by atoms with van der Waals surface area (Å²) in [5.74, 6) is -0.416. The van der Waals surface area contributed by atoms with Crippen LogP contribution < -0.4 is 14.8 Å². The second-order valence-corrected chi connectivity index (χ2v) is 8.10. The first-order chi connectivity index (χ1) is 15.4. The number of fused-ring (bicyclic) bond motifs is 1. The molecule has 2 N–H and O–H groups in total. The summed E-state index contributed by atoms with van der Waals surface area (Å²) in [6.07, 6.45) is 3.11. The first kappa shape index (κ1) is 22.0. The van der Waals surface area contributed by atoms with E-state index in [2.05, 4.69) is 25.0 Å². The van der Waals surface area contributed by atoms with Crippen LogP contribution in [0.3, 0.4) is 0 Å². The van der Waals surface area contributed by atoms with Gasteiger partial charge in [-0.3, -0.25) is 4.98 Å². The maximum Gasteiger partial charge on any atom is 0.228 e. The molecule has 0 fully saturated rings. The van der Waals surface area contributed by atoms with Gasteiger partial charge in [0.05, 0.1) is 28.2 Å². The van der Waals surface area contributed by atoms with Crippen LogP contribution in [-0.2, 0) is 0 Å². The molecule has 0 amide bonds. The van der Waals surface area contributed by atoms with Crippen LogP contribution in [-0.4, -0.2) is 29.1 Å². The number of halogens is 3. The first-order valence-corrected chi connectivity index (χ1v) is 10.7. The van der Waals surface area contributed by atoms with Crippen LogP contribution in [0.15, 0.2) is 47.6 Å². The van der Waals surface area contributed by atoms with E-state index in [1.54, 1.807) is 32.3 Å². The minimum Gasteiger partial charge on any atom is -0.480 e. The van der Waals surface area contributed by atoms with E-state index in [-0.39, 0.29) is 11.3 Å². The van der Waals surface area contributed by atoms with Gasteiger partial charge in [-0.1, -0.05) is 11.6 Å². The quantitative estimate of drug-likeness (QED) is 0.328. The molecule has 0 aliphatic carbocycles. The largest absolute Gasteiger partial charge is 0.480 e. The van der Waals surface area contributed by atoms with E-state index in [1.807, 2.05) is 6.07 Å². The van der Waals surface area contributed by atoms with E-state index in [0.29, 0.717) is 32.9 Å². The van der Waals surface area contributed by atoms with Crippen LogP contribution in [0.4, 0.5) is 20.3 Å². The standard InChI is InChI=1S/C22H18ClF2N5OS/c1-11-14(4-12-9-27-21(26-2)8-18(12)29-11)15-6-19(17(25)7-16(15)24)30-32-20-5-13(23)10-28-22(20)31-3/h4-10,30H,1-3H3,(H,26,27). The smallest absolute Gasteiger partial charge is 0.228 e. The monoisotopic (exact) mass is 473 g/mol. The molecule has 4 rings (SSSR count). The summed E-state index contributed by atoms with van der Waals surface area (Å²) in [7, 11) is 3.24. The average molecular weight is 474 g/mol. The molecule has 164 valence electrons. The van der Waals surface area contributed by atoms with Crippen LogP contribution in [0.1, 0.15) is 5.69 Å². The van der Waals surface area contributed by atoms with E-state index < -0.39 is 11.6 Å². The topological polar surface area (TPSA) is 72.0 Å². The highest BCUT2D eigenvalue weighted by atomic mass is 35.5. The molecule has 0 bridgehead atoms. The number of methoxy groups -OCH3 is 1. The first-order valence-electron chi connectivity index (χ1n) is 9.46. The number of aromatic nitrogens is 3. The summed E-state index contributed by atoms with van der Waals surface area (Å²) in [5, 5.41) is 4.11. The molecular weight excluding hydrogens is 456 g/mol. The van der Waals surface area contributed by atoms with Crippen LogP contribution in [0, 0.1) is 18.6 Å². The fourth-order valence-corrected chi connectivity index (χ4v) is 4.16. The number of ether oxygens (including phenoxy) is 1. The predicted octanol–water partition coefficient (Wildman–Crippen LogP) is 6.10. The summed E-state index contributed by atoms with van der Waals surface area (Å²) in [5.41, 5.74) is 2.19. The van der Waals surface area contributed by atoms with Gasteiger partial charge in [-0.2, -0.15) is 0 Å². The number of nitrogens with one attached hydrogen (secondary N) is 2. The zero-order valence-electron chi connectivity index (χ0n) is 17.3. The lowest BCUT2D eigenvalue weighted by molar-refractivity contribution is 0.387. The van der Waals surface area contributed by atoms with Gasteiger partial charge in [-0.05, 0) is 37.1 Å². The van der Waals surface area contributed by atoms with Gasteiger partial charge in [-0.15, -0.1) is 0 Å². The van der Waals surface area contributed by atoms with Gasteiger partial charge in [0.2, 0.25) is 5.88 Å². The van der Waals surface area contributed by atoms with Crippen molar-refractivity contribution < 1.29 is 13.5 Å². The molecule has 6 nitrogen and oxygen atoms in total. The maximum atomic E-state index is 14.8. The SMILES string of the molecule is CNc1cc2nc(C)c(-c3cc(NSc4cc(Cl)cnc4OC)c(F)cc3F)cc2cn1. The van der Waals surface area contributed by atoms with E-state index in [9.17, 15) is 8.78 Å². The third-order valence-corrected chi connectivity index (χ3v) is 5.78. The lowest BCUT2D eigenvalue weighted by atomic mass is 10.0. The van der Waals surface area contributed by atoms with Crippen molar-refractivity contribution in [1.82, 2.24) is 15.0 Å². The normalized spacial score (nSPS) is 10.9. The van der Waals surface area contributed by atoms with Crippen molar-refractivity contribution in [3.05, 3.63) is 65.1 Å². The molecule has 0 spiro atoms. The molecule has 4 aromatic rings. The Balaban J connectivity index is 1.71. The van der Waals surface area contributed by atoms with Crippen molar-refractivity contribution >= 4 is 46.0 Å². The molecule has 10 heteroatoms. The maximum absolute atomic E-state index is 14.8. The Morgan fingerprint density at radius 3 is 2.56 bits per heavy atom. The molecule has 0 saturated carbocycles. The Morgan fingerprint density at radius 2 is 1.81 bits per heavy atom. The lowest BCUT2D eigenvalue weighted by Gasteiger charge is -2.13. The molecule has 1 aromatic carbocycles. The molecule has 0 saturated heterocycles. The average Bonchev–Trinajstić information content (AvgIpc) is 2.78. The van der Waals surface area contributed by atoms with Gasteiger partial charge in [0.25, 0.3) is 0 Å². The zero-order valence-corrected chi connectivity index (χ0v) is 18.9. The van der Waals surface area contributed by atoms with Crippen LogP contribution in [0.5, 0.6) is 5.88 Å². The number of nitrogens with zero attached hydrogens (tertiary/aromatic N) is 3. The molecular formula is C22H18ClF2N5OS. The molecule has 3 heterocycles. The van der Waals surface area contributed by atoms with E-state index in [0.717, 1.165) is 28.9 Å². The number of hydrogen-bond donors (Lipinski definition) is 2. The van der Waals surface area contributed by atoms with E-state index in [4.69, 9.17) is 16.3 Å². The number of rotatable bonds is 6. The number of pyridine rings is 3. The Kier molecular flexibility index (Phi) is 6.29. The zero-order chi connectivity index (χ0) is 22.8. The number of hydrogen-bond acceptors (Lipinski definition) is 7. The van der Waals surface area contributed by atoms with Crippen molar-refractivity contribution in [1.29, 1.82) is 0 Å². The molecule has 0 unspecified atom stereocenters. The van der Waals surface area contributed by atoms with Gasteiger partial charge < -0.3 is 14.8 Å². The molecule has 3 aromatic heterocycles. The van der Waals surface area contributed by atoms with Gasteiger partial charge in [0, 0.05) is 53.8 Å². The van der Waals surface area contributed by atoms with Crippen molar-refractivity contribution in [2.24, 2.45) is 0 Å². The molecule has 0 aliphatic heterocycles. The van der Waals surface area contributed by atoms with Crippen LogP contribution in [0.2, 0.25) is 5.02 Å². The predicted molar refractivity (Wildman–Crippen MR) is 124 cm³/mol. The summed E-state index contributed by atoms with van der Waals surface area (Å²) in [6, 6.07) is 7.49. The Hall–Kier alpha value is -3.17. The number of aryl methyl sites for hydroxylation is 1. The van der Waals surface area contributed by atoms with Gasteiger partial charge >= 0.3 is 0 Å². The highest BCUT2D eigenvalue weighted by Gasteiger charge is 2.16.